The Balaban J connectivity index is 1.42. The van der Waals surface area contributed by atoms with Crippen LogP contribution in [0.25, 0.3) is 21.8 Å². The van der Waals surface area contributed by atoms with Crippen molar-refractivity contribution in [2.45, 2.75) is 25.9 Å². The smallest absolute Gasteiger partial charge is 0.249 e. The SMILES string of the molecule is Cc1cc2ccccc2n1CC(=O)N[C@@H](Cc1ccccc1)C(=O)N(C)c1cccc2cccnc12. The van der Waals surface area contributed by atoms with Crippen molar-refractivity contribution in [3.05, 3.63) is 108 Å². The van der Waals surface area contributed by atoms with Gasteiger partial charge < -0.3 is 14.8 Å². The van der Waals surface area contributed by atoms with E-state index in [1.54, 1.807) is 18.1 Å². The molecule has 3 aromatic carbocycles. The van der Waals surface area contributed by atoms with Crippen molar-refractivity contribution < 1.29 is 9.59 Å². The highest BCUT2D eigenvalue weighted by atomic mass is 16.2. The normalized spacial score (nSPS) is 11.9. The van der Waals surface area contributed by atoms with Crippen molar-refractivity contribution in [2.75, 3.05) is 11.9 Å². The van der Waals surface area contributed by atoms with E-state index >= 15 is 0 Å². The summed E-state index contributed by atoms with van der Waals surface area (Å²) in [5.41, 5.74) is 4.42. The third-order valence-corrected chi connectivity index (χ3v) is 6.54. The number of para-hydroxylation sites is 2. The van der Waals surface area contributed by atoms with Crippen LogP contribution in [0.3, 0.4) is 0 Å². The van der Waals surface area contributed by atoms with Crippen molar-refractivity contribution in [1.82, 2.24) is 14.9 Å². The van der Waals surface area contributed by atoms with E-state index in [0.29, 0.717) is 12.1 Å². The number of benzene rings is 3. The molecule has 0 unspecified atom stereocenters. The maximum Gasteiger partial charge on any atom is 0.249 e. The van der Waals surface area contributed by atoms with Crippen LogP contribution < -0.4 is 10.2 Å². The summed E-state index contributed by atoms with van der Waals surface area (Å²) in [7, 11) is 1.74. The molecule has 2 aromatic heterocycles. The van der Waals surface area contributed by atoms with Gasteiger partial charge in [0.1, 0.15) is 12.6 Å². The number of hydrogen-bond acceptors (Lipinski definition) is 3. The number of anilines is 1. The summed E-state index contributed by atoms with van der Waals surface area (Å²) in [5, 5.41) is 5.06. The molecule has 0 fully saturated rings. The summed E-state index contributed by atoms with van der Waals surface area (Å²) in [6, 6.07) is 28.7. The molecule has 0 spiro atoms. The second kappa shape index (κ2) is 10.0. The number of amides is 2. The van der Waals surface area contributed by atoms with Crippen molar-refractivity contribution >= 4 is 39.3 Å². The number of rotatable bonds is 7. The van der Waals surface area contributed by atoms with E-state index < -0.39 is 6.04 Å². The highest BCUT2D eigenvalue weighted by Crippen LogP contribution is 2.25. The lowest BCUT2D eigenvalue weighted by Crippen LogP contribution is -2.49. The van der Waals surface area contributed by atoms with Crippen molar-refractivity contribution in [1.29, 1.82) is 0 Å². The van der Waals surface area contributed by atoms with Crippen LogP contribution in [0.1, 0.15) is 11.3 Å². The molecule has 0 aliphatic heterocycles. The van der Waals surface area contributed by atoms with E-state index in [0.717, 1.165) is 33.1 Å². The summed E-state index contributed by atoms with van der Waals surface area (Å²) in [4.78, 5) is 33.1. The maximum absolute atomic E-state index is 13.8. The number of aryl methyl sites for hydroxylation is 1. The van der Waals surface area contributed by atoms with Gasteiger partial charge in [-0.1, -0.05) is 66.7 Å². The third kappa shape index (κ3) is 4.70. The van der Waals surface area contributed by atoms with Gasteiger partial charge in [0, 0.05) is 36.3 Å². The van der Waals surface area contributed by atoms with Crippen LogP contribution in [0.5, 0.6) is 0 Å². The molecule has 0 aliphatic rings. The number of nitrogens with one attached hydrogen (secondary N) is 1. The molecule has 180 valence electrons. The van der Waals surface area contributed by atoms with E-state index in [2.05, 4.69) is 16.4 Å². The number of carbonyl (C=O) groups excluding carboxylic acids is 2. The first-order valence-corrected chi connectivity index (χ1v) is 12.0. The lowest BCUT2D eigenvalue weighted by Gasteiger charge is -2.26. The number of hydrogen-bond donors (Lipinski definition) is 1. The lowest BCUT2D eigenvalue weighted by atomic mass is 10.0. The number of aromatic nitrogens is 2. The third-order valence-electron chi connectivity index (χ3n) is 6.54. The van der Waals surface area contributed by atoms with Crippen molar-refractivity contribution in [3.63, 3.8) is 0 Å². The fourth-order valence-corrected chi connectivity index (χ4v) is 4.70. The highest BCUT2D eigenvalue weighted by Gasteiger charge is 2.26. The minimum absolute atomic E-state index is 0.136. The number of nitrogens with zero attached hydrogens (tertiary/aromatic N) is 3. The average Bonchev–Trinajstić information content (AvgIpc) is 3.22. The average molecular weight is 477 g/mol. The molecule has 1 atom stereocenters. The Labute approximate surface area is 210 Å². The Morgan fingerprint density at radius 1 is 0.917 bits per heavy atom. The summed E-state index contributed by atoms with van der Waals surface area (Å²) in [6.07, 6.45) is 2.11. The second-order valence-electron chi connectivity index (χ2n) is 8.99. The van der Waals surface area contributed by atoms with E-state index in [1.165, 1.54) is 0 Å². The van der Waals surface area contributed by atoms with Gasteiger partial charge in [0.15, 0.2) is 0 Å². The van der Waals surface area contributed by atoms with Crippen LogP contribution >= 0.6 is 0 Å². The zero-order valence-electron chi connectivity index (χ0n) is 20.4. The molecule has 5 aromatic rings. The summed E-state index contributed by atoms with van der Waals surface area (Å²) >= 11 is 0. The highest BCUT2D eigenvalue weighted by molar-refractivity contribution is 6.04. The zero-order valence-corrected chi connectivity index (χ0v) is 20.4. The Kier molecular flexibility index (Phi) is 6.50. The first-order valence-electron chi connectivity index (χ1n) is 12.0. The predicted molar refractivity (Wildman–Crippen MR) is 144 cm³/mol. The van der Waals surface area contributed by atoms with Gasteiger partial charge in [0.2, 0.25) is 11.8 Å². The van der Waals surface area contributed by atoms with Gasteiger partial charge in [-0.3, -0.25) is 14.6 Å². The van der Waals surface area contributed by atoms with Crippen LogP contribution in [0, 0.1) is 6.92 Å². The zero-order chi connectivity index (χ0) is 25.1. The van der Waals surface area contributed by atoms with Gasteiger partial charge in [-0.05, 0) is 42.1 Å². The monoisotopic (exact) mass is 476 g/mol. The minimum Gasteiger partial charge on any atom is -0.342 e. The standard InChI is InChI=1S/C30H28N4O2/c1-21-18-24-12-6-7-15-26(24)34(21)20-28(35)32-25(19-22-10-4-3-5-11-22)30(36)33(2)27-16-8-13-23-14-9-17-31-29(23)27/h3-18,25H,19-20H2,1-2H3,(H,32,35)/t25-/m0/s1. The first kappa shape index (κ1) is 23.3. The molecular formula is C30H28N4O2. The Hall–Kier alpha value is -4.45. The minimum atomic E-state index is -0.731. The van der Waals surface area contributed by atoms with Crippen LogP contribution in [-0.4, -0.2) is 34.5 Å². The Morgan fingerprint density at radius 2 is 1.64 bits per heavy atom. The van der Waals surface area contributed by atoms with Crippen LogP contribution in [0.15, 0.2) is 97.2 Å². The van der Waals surface area contributed by atoms with Crippen molar-refractivity contribution in [2.24, 2.45) is 0 Å². The van der Waals surface area contributed by atoms with Gasteiger partial charge in [-0.25, -0.2) is 0 Å². The molecule has 6 nitrogen and oxygen atoms in total. The van der Waals surface area contributed by atoms with Gasteiger partial charge in [0.05, 0.1) is 11.2 Å². The fourth-order valence-electron chi connectivity index (χ4n) is 4.70. The lowest BCUT2D eigenvalue weighted by molar-refractivity contribution is -0.127. The number of fused-ring (bicyclic) bond motifs is 2. The molecular weight excluding hydrogens is 448 g/mol. The number of likely N-dealkylation sites (N-methyl/N-ethyl adjacent to an activating group) is 1. The van der Waals surface area contributed by atoms with E-state index in [4.69, 9.17) is 0 Å². The molecule has 0 saturated carbocycles. The van der Waals surface area contributed by atoms with Gasteiger partial charge in [0.25, 0.3) is 0 Å². The quantitative estimate of drug-likeness (QED) is 0.364. The molecule has 0 aliphatic carbocycles. The fraction of sp³-hybridized carbons (Fsp3) is 0.167. The molecule has 2 heterocycles. The molecule has 0 radical (unpaired) electrons. The Morgan fingerprint density at radius 3 is 2.47 bits per heavy atom. The van der Waals surface area contributed by atoms with Gasteiger partial charge >= 0.3 is 0 Å². The maximum atomic E-state index is 13.8. The second-order valence-corrected chi connectivity index (χ2v) is 8.99. The number of pyridine rings is 1. The summed E-state index contributed by atoms with van der Waals surface area (Å²) < 4.78 is 1.98. The largest absolute Gasteiger partial charge is 0.342 e. The summed E-state index contributed by atoms with van der Waals surface area (Å²) in [6.45, 7) is 2.12. The molecule has 2 amide bonds. The van der Waals surface area contributed by atoms with Gasteiger partial charge in [-0.2, -0.15) is 0 Å². The molecule has 6 heteroatoms. The predicted octanol–water partition coefficient (Wildman–Crippen LogP) is 4.89. The van der Waals surface area contributed by atoms with E-state index in [-0.39, 0.29) is 18.4 Å². The van der Waals surface area contributed by atoms with Gasteiger partial charge in [-0.15, -0.1) is 0 Å². The topological polar surface area (TPSA) is 67.2 Å². The Bertz CT molecular complexity index is 1540. The molecule has 5 rings (SSSR count). The molecule has 36 heavy (non-hydrogen) atoms. The van der Waals surface area contributed by atoms with Crippen LogP contribution in [0.4, 0.5) is 5.69 Å². The molecule has 0 saturated heterocycles. The molecule has 0 bridgehead atoms. The van der Waals surface area contributed by atoms with E-state index in [1.807, 2.05) is 96.4 Å². The van der Waals surface area contributed by atoms with Crippen molar-refractivity contribution in [3.8, 4) is 0 Å². The molecule has 1 N–H and O–H groups in total. The van der Waals surface area contributed by atoms with E-state index in [9.17, 15) is 9.59 Å². The first-order chi connectivity index (χ1) is 17.5. The van der Waals surface area contributed by atoms with Crippen LogP contribution in [0.2, 0.25) is 0 Å². The number of carbonyl (C=O) groups is 2. The summed E-state index contributed by atoms with van der Waals surface area (Å²) in [5.74, 6) is -0.405. The van der Waals surface area contributed by atoms with Crippen LogP contribution in [-0.2, 0) is 22.6 Å².